The Labute approximate surface area is 74.4 Å². The third-order valence-electron chi connectivity index (χ3n) is 1.21. The highest BCUT2D eigenvalue weighted by Crippen LogP contribution is 2.21. The molecule has 0 amide bonds. The summed E-state index contributed by atoms with van der Waals surface area (Å²) >= 11 is 7.32. The van der Waals surface area contributed by atoms with Gasteiger partial charge in [-0.2, -0.15) is 5.26 Å². The molecule has 0 aliphatic heterocycles. The van der Waals surface area contributed by atoms with Gasteiger partial charge in [0.05, 0.1) is 17.0 Å². The van der Waals surface area contributed by atoms with Crippen LogP contribution in [0.4, 0.5) is 0 Å². The van der Waals surface area contributed by atoms with Gasteiger partial charge in [-0.3, -0.25) is 0 Å². The van der Waals surface area contributed by atoms with Crippen LogP contribution in [0.1, 0.15) is 5.56 Å². The average molecular weight is 187 g/mol. The molecule has 0 spiro atoms. The maximum atomic E-state index is 8.22. The van der Waals surface area contributed by atoms with Crippen molar-refractivity contribution >= 4 is 22.9 Å². The van der Waals surface area contributed by atoms with Gasteiger partial charge in [0.2, 0.25) is 0 Å². The number of thiophene rings is 1. The molecule has 0 aliphatic rings. The summed E-state index contributed by atoms with van der Waals surface area (Å²) < 4.78 is 0.801. The molecule has 0 atom stereocenters. The molecule has 11 heavy (non-hydrogen) atoms. The molecule has 1 aromatic rings. The average Bonchev–Trinajstić information content (AvgIpc) is 2.37. The molecule has 0 aliphatic carbocycles. The molecule has 1 heterocycles. The Morgan fingerprint density at radius 3 is 3.09 bits per heavy atom. The van der Waals surface area contributed by atoms with Crippen LogP contribution in [0.2, 0.25) is 4.34 Å². The molecule has 0 aromatic carbocycles. The summed E-state index contributed by atoms with van der Waals surface area (Å²) in [4.78, 5) is 0. The van der Waals surface area contributed by atoms with Gasteiger partial charge in [0.15, 0.2) is 0 Å². The fourth-order valence-electron chi connectivity index (χ4n) is 0.699. The first-order valence-corrected chi connectivity index (χ1v) is 4.40. The van der Waals surface area contributed by atoms with Crippen molar-refractivity contribution in [1.82, 2.24) is 5.32 Å². The highest BCUT2D eigenvalue weighted by molar-refractivity contribution is 7.14. The molecule has 58 valence electrons. The topological polar surface area (TPSA) is 35.8 Å². The highest BCUT2D eigenvalue weighted by Gasteiger charge is 1.98. The Morgan fingerprint density at radius 1 is 1.73 bits per heavy atom. The summed E-state index contributed by atoms with van der Waals surface area (Å²) in [6.45, 7) is 1.04. The normalized spacial score (nSPS) is 9.45. The Kier molecular flexibility index (Phi) is 3.37. The van der Waals surface area contributed by atoms with E-state index in [9.17, 15) is 0 Å². The van der Waals surface area contributed by atoms with Crippen molar-refractivity contribution in [1.29, 1.82) is 5.26 Å². The lowest BCUT2D eigenvalue weighted by molar-refractivity contribution is 0.768. The van der Waals surface area contributed by atoms with Crippen molar-refractivity contribution < 1.29 is 0 Å². The lowest BCUT2D eigenvalue weighted by Crippen LogP contribution is -2.12. The zero-order chi connectivity index (χ0) is 8.10. The van der Waals surface area contributed by atoms with Gasteiger partial charge in [-0.05, 0) is 17.0 Å². The number of nitrogens with zero attached hydrogens (tertiary/aromatic N) is 1. The number of nitriles is 1. The summed E-state index contributed by atoms with van der Waals surface area (Å²) in [5.74, 6) is 0. The van der Waals surface area contributed by atoms with E-state index in [1.54, 1.807) is 0 Å². The molecule has 0 saturated carbocycles. The quantitative estimate of drug-likeness (QED) is 0.579. The second-order valence-corrected chi connectivity index (χ2v) is 3.50. The SMILES string of the molecule is N#CCNCc1ccsc1Cl. The Balaban J connectivity index is 2.40. The van der Waals surface area contributed by atoms with Gasteiger partial charge < -0.3 is 5.32 Å². The molecule has 1 N–H and O–H groups in total. The van der Waals surface area contributed by atoms with Crippen LogP contribution in [-0.4, -0.2) is 6.54 Å². The molecular formula is C7H7ClN2S. The van der Waals surface area contributed by atoms with Gasteiger partial charge in [0.25, 0.3) is 0 Å². The van der Waals surface area contributed by atoms with Crippen LogP contribution in [-0.2, 0) is 6.54 Å². The number of halogens is 1. The van der Waals surface area contributed by atoms with Crippen molar-refractivity contribution in [2.75, 3.05) is 6.54 Å². The van der Waals surface area contributed by atoms with Crippen LogP contribution < -0.4 is 5.32 Å². The summed E-state index contributed by atoms with van der Waals surface area (Å²) in [5, 5.41) is 13.1. The number of hydrogen-bond donors (Lipinski definition) is 1. The summed E-state index contributed by atoms with van der Waals surface area (Å²) in [6, 6.07) is 3.95. The summed E-state index contributed by atoms with van der Waals surface area (Å²) in [5.41, 5.74) is 1.06. The Hall–Kier alpha value is -0.560. The van der Waals surface area contributed by atoms with E-state index in [2.05, 4.69) is 5.32 Å². The van der Waals surface area contributed by atoms with Crippen LogP contribution in [0.25, 0.3) is 0 Å². The van der Waals surface area contributed by atoms with Gasteiger partial charge in [-0.15, -0.1) is 11.3 Å². The molecule has 0 radical (unpaired) electrons. The van der Waals surface area contributed by atoms with Crippen LogP contribution in [0.5, 0.6) is 0 Å². The maximum absolute atomic E-state index is 8.22. The van der Waals surface area contributed by atoms with E-state index >= 15 is 0 Å². The first-order chi connectivity index (χ1) is 5.34. The number of nitrogens with one attached hydrogen (secondary N) is 1. The summed E-state index contributed by atoms with van der Waals surface area (Å²) in [6.07, 6.45) is 0. The van der Waals surface area contributed by atoms with E-state index in [0.717, 1.165) is 9.90 Å². The maximum Gasteiger partial charge on any atom is 0.0973 e. The van der Waals surface area contributed by atoms with E-state index in [1.807, 2.05) is 17.5 Å². The van der Waals surface area contributed by atoms with Crippen molar-refractivity contribution in [2.45, 2.75) is 6.54 Å². The molecule has 1 aromatic heterocycles. The van der Waals surface area contributed by atoms with Gasteiger partial charge in [-0.25, -0.2) is 0 Å². The molecule has 1 rings (SSSR count). The van der Waals surface area contributed by atoms with E-state index < -0.39 is 0 Å². The third kappa shape index (κ3) is 2.51. The number of rotatable bonds is 3. The zero-order valence-corrected chi connectivity index (χ0v) is 7.37. The van der Waals surface area contributed by atoms with Crippen LogP contribution in [0.3, 0.4) is 0 Å². The molecule has 0 unspecified atom stereocenters. The van der Waals surface area contributed by atoms with E-state index in [4.69, 9.17) is 16.9 Å². The monoisotopic (exact) mass is 186 g/mol. The van der Waals surface area contributed by atoms with E-state index in [1.165, 1.54) is 11.3 Å². The zero-order valence-electron chi connectivity index (χ0n) is 5.80. The van der Waals surface area contributed by atoms with Crippen LogP contribution in [0.15, 0.2) is 11.4 Å². The van der Waals surface area contributed by atoms with Crippen molar-refractivity contribution in [3.05, 3.63) is 21.3 Å². The number of hydrogen-bond acceptors (Lipinski definition) is 3. The highest BCUT2D eigenvalue weighted by atomic mass is 35.5. The standard InChI is InChI=1S/C7H7ClN2S/c8-7-6(1-4-11-7)5-10-3-2-9/h1,4,10H,3,5H2. The smallest absolute Gasteiger partial charge is 0.0973 e. The predicted octanol–water partition coefficient (Wildman–Crippen LogP) is 2.01. The lowest BCUT2D eigenvalue weighted by Gasteiger charge is -1.96. The van der Waals surface area contributed by atoms with E-state index in [-0.39, 0.29) is 0 Å². The van der Waals surface area contributed by atoms with Crippen molar-refractivity contribution in [2.24, 2.45) is 0 Å². The Bertz CT molecular complexity index is 264. The molecule has 4 heteroatoms. The molecule has 0 bridgehead atoms. The minimum Gasteiger partial charge on any atom is -0.300 e. The van der Waals surface area contributed by atoms with Gasteiger partial charge in [-0.1, -0.05) is 11.6 Å². The molecule has 0 saturated heterocycles. The van der Waals surface area contributed by atoms with Crippen LogP contribution in [0, 0.1) is 11.3 Å². The minimum absolute atomic E-state index is 0.367. The molecule has 0 fully saturated rings. The van der Waals surface area contributed by atoms with Crippen LogP contribution >= 0.6 is 22.9 Å². The van der Waals surface area contributed by atoms with E-state index in [0.29, 0.717) is 13.1 Å². The fraction of sp³-hybridized carbons (Fsp3) is 0.286. The van der Waals surface area contributed by atoms with Crippen molar-refractivity contribution in [3.63, 3.8) is 0 Å². The first-order valence-electron chi connectivity index (χ1n) is 3.14. The lowest BCUT2D eigenvalue weighted by atomic mass is 10.3. The largest absolute Gasteiger partial charge is 0.300 e. The third-order valence-corrected chi connectivity index (χ3v) is 2.46. The summed E-state index contributed by atoms with van der Waals surface area (Å²) in [7, 11) is 0. The minimum atomic E-state index is 0.367. The molecular weight excluding hydrogens is 180 g/mol. The predicted molar refractivity (Wildman–Crippen MR) is 46.6 cm³/mol. The second kappa shape index (κ2) is 4.35. The molecule has 2 nitrogen and oxygen atoms in total. The van der Waals surface area contributed by atoms with Gasteiger partial charge in [0.1, 0.15) is 0 Å². The van der Waals surface area contributed by atoms with Gasteiger partial charge in [0, 0.05) is 6.54 Å². The second-order valence-electron chi connectivity index (χ2n) is 1.98. The fourth-order valence-corrected chi connectivity index (χ4v) is 1.63. The Morgan fingerprint density at radius 2 is 2.55 bits per heavy atom. The van der Waals surface area contributed by atoms with Crippen molar-refractivity contribution in [3.8, 4) is 6.07 Å². The van der Waals surface area contributed by atoms with Gasteiger partial charge >= 0.3 is 0 Å². The first kappa shape index (κ1) is 8.54.